The number of halogens is 3. The number of ketones is 1. The highest BCUT2D eigenvalue weighted by Crippen LogP contribution is 2.30. The zero-order valence-corrected chi connectivity index (χ0v) is 22.2. The number of thioether (sulfide) groups is 1. The molecule has 0 saturated carbocycles. The van der Waals surface area contributed by atoms with Crippen molar-refractivity contribution in [2.45, 2.75) is 49.8 Å². The van der Waals surface area contributed by atoms with Crippen molar-refractivity contribution in [2.24, 2.45) is 0 Å². The summed E-state index contributed by atoms with van der Waals surface area (Å²) in [5.74, 6) is 0.909. The second-order valence-electron chi connectivity index (χ2n) is 6.63. The minimum Gasteiger partial charge on any atom is -0.380 e. The predicted octanol–water partition coefficient (Wildman–Crippen LogP) is 4.15. The van der Waals surface area contributed by atoms with Crippen molar-refractivity contribution in [1.82, 2.24) is 14.9 Å². The molecule has 162 valence electrons. The molecule has 3 rings (SSSR count). The average molecular weight is 616 g/mol. The SMILES string of the molecule is Br.Br.CCSc1cc2c(=O)n(CC(=O)CC3NCCCC3OC)cnc2cc1Br. The van der Waals surface area contributed by atoms with Crippen LogP contribution in [0, 0.1) is 0 Å². The van der Waals surface area contributed by atoms with E-state index < -0.39 is 0 Å². The van der Waals surface area contributed by atoms with Gasteiger partial charge in [-0.05, 0) is 53.2 Å². The Labute approximate surface area is 204 Å². The van der Waals surface area contributed by atoms with Gasteiger partial charge in [0.1, 0.15) is 0 Å². The highest BCUT2D eigenvalue weighted by molar-refractivity contribution is 9.10. The van der Waals surface area contributed by atoms with Crippen LogP contribution in [0.15, 0.2) is 32.6 Å². The van der Waals surface area contributed by atoms with Crippen LogP contribution in [0.3, 0.4) is 0 Å². The Bertz CT molecular complexity index is 894. The van der Waals surface area contributed by atoms with Gasteiger partial charge in [-0.15, -0.1) is 45.7 Å². The lowest BCUT2D eigenvalue weighted by atomic mass is 9.96. The average Bonchev–Trinajstić information content (AvgIpc) is 2.66. The van der Waals surface area contributed by atoms with Crippen LogP contribution >= 0.6 is 61.7 Å². The minimum absolute atomic E-state index is 0. The van der Waals surface area contributed by atoms with Crippen molar-refractivity contribution in [2.75, 3.05) is 19.4 Å². The summed E-state index contributed by atoms with van der Waals surface area (Å²) in [6, 6.07) is 3.72. The third-order valence-corrected chi connectivity index (χ3v) is 6.65. The first-order valence-electron chi connectivity index (χ1n) is 9.12. The van der Waals surface area contributed by atoms with E-state index in [4.69, 9.17) is 4.74 Å². The van der Waals surface area contributed by atoms with Crippen molar-refractivity contribution in [3.63, 3.8) is 0 Å². The minimum atomic E-state index is -0.182. The number of nitrogens with one attached hydrogen (secondary N) is 1. The molecule has 1 aromatic heterocycles. The largest absolute Gasteiger partial charge is 0.380 e. The molecule has 1 saturated heterocycles. The molecule has 0 amide bonds. The second kappa shape index (κ2) is 12.6. The molecule has 1 fully saturated rings. The molecule has 2 unspecified atom stereocenters. The third kappa shape index (κ3) is 6.61. The summed E-state index contributed by atoms with van der Waals surface area (Å²) >= 11 is 5.19. The lowest BCUT2D eigenvalue weighted by molar-refractivity contribution is -0.121. The van der Waals surface area contributed by atoms with Crippen LogP contribution in [0.4, 0.5) is 0 Å². The van der Waals surface area contributed by atoms with E-state index in [1.807, 2.05) is 12.1 Å². The normalized spacial score (nSPS) is 18.7. The molecule has 1 aromatic carbocycles. The molecule has 1 aliphatic rings. The second-order valence-corrected chi connectivity index (χ2v) is 8.79. The van der Waals surface area contributed by atoms with Crippen molar-refractivity contribution < 1.29 is 9.53 Å². The van der Waals surface area contributed by atoms with Gasteiger partial charge < -0.3 is 10.1 Å². The van der Waals surface area contributed by atoms with E-state index in [-0.39, 0.29) is 64.0 Å². The van der Waals surface area contributed by atoms with E-state index in [9.17, 15) is 9.59 Å². The molecule has 2 heterocycles. The number of carbonyl (C=O) groups is 1. The van der Waals surface area contributed by atoms with Gasteiger partial charge in [-0.2, -0.15) is 0 Å². The lowest BCUT2D eigenvalue weighted by Crippen LogP contribution is -2.47. The number of benzene rings is 1. The standard InChI is InChI=1S/C19H24BrN3O3S.2BrH/c1-3-27-18-8-13-15(9-14(18)20)22-11-23(19(13)25)10-12(24)7-16-17(26-2)5-4-6-21-16;;/h8-9,11,16-17,21H,3-7,10H2,1-2H3;2*1H. The number of rotatable bonds is 7. The van der Waals surface area contributed by atoms with Crippen LogP contribution < -0.4 is 10.9 Å². The monoisotopic (exact) mass is 613 g/mol. The van der Waals surface area contributed by atoms with Gasteiger partial charge in [0.2, 0.25) is 0 Å². The smallest absolute Gasteiger partial charge is 0.261 e. The highest BCUT2D eigenvalue weighted by Gasteiger charge is 2.26. The summed E-state index contributed by atoms with van der Waals surface area (Å²) in [4.78, 5) is 30.8. The molecule has 6 nitrogen and oxygen atoms in total. The Kier molecular flexibility index (Phi) is 11.6. The van der Waals surface area contributed by atoms with Crippen molar-refractivity contribution in [3.05, 3.63) is 33.3 Å². The van der Waals surface area contributed by atoms with Crippen molar-refractivity contribution in [1.29, 1.82) is 0 Å². The molecular weight excluding hydrogens is 590 g/mol. The summed E-state index contributed by atoms with van der Waals surface area (Å²) < 4.78 is 7.81. The Morgan fingerprint density at radius 2 is 2.17 bits per heavy atom. The van der Waals surface area contributed by atoms with E-state index in [2.05, 4.69) is 33.2 Å². The summed E-state index contributed by atoms with van der Waals surface area (Å²) in [5, 5.41) is 3.89. The van der Waals surface area contributed by atoms with Gasteiger partial charge in [0, 0.05) is 28.9 Å². The molecule has 2 aromatic rings. The fourth-order valence-electron chi connectivity index (χ4n) is 3.45. The summed E-state index contributed by atoms with van der Waals surface area (Å²) in [6.45, 7) is 2.98. The van der Waals surface area contributed by atoms with E-state index in [1.54, 1.807) is 18.9 Å². The first kappa shape index (κ1) is 26.8. The van der Waals surface area contributed by atoms with Gasteiger partial charge >= 0.3 is 0 Å². The Hall–Kier alpha value is -0.260. The summed E-state index contributed by atoms with van der Waals surface area (Å²) in [6.07, 6.45) is 3.85. The number of Topliss-reactive ketones (excluding diaryl/α,β-unsaturated/α-hetero) is 1. The predicted molar refractivity (Wildman–Crippen MR) is 132 cm³/mol. The fourth-order valence-corrected chi connectivity index (χ4v) is 4.83. The van der Waals surface area contributed by atoms with E-state index >= 15 is 0 Å². The van der Waals surface area contributed by atoms with Gasteiger partial charge in [-0.1, -0.05) is 6.92 Å². The van der Waals surface area contributed by atoms with Crippen LogP contribution in [0.1, 0.15) is 26.2 Å². The lowest BCUT2D eigenvalue weighted by Gasteiger charge is -2.31. The van der Waals surface area contributed by atoms with Crippen LogP contribution in [0.2, 0.25) is 0 Å². The topological polar surface area (TPSA) is 73.2 Å². The molecule has 0 spiro atoms. The molecule has 0 radical (unpaired) electrons. The van der Waals surface area contributed by atoms with Crippen LogP contribution in [-0.4, -0.2) is 46.9 Å². The number of carbonyl (C=O) groups excluding carboxylic acids is 1. The van der Waals surface area contributed by atoms with Gasteiger partial charge in [0.05, 0.1) is 29.9 Å². The maximum atomic E-state index is 12.9. The van der Waals surface area contributed by atoms with Crippen LogP contribution in [-0.2, 0) is 16.1 Å². The number of hydrogen-bond acceptors (Lipinski definition) is 6. The maximum Gasteiger partial charge on any atom is 0.261 e. The number of aromatic nitrogens is 2. The van der Waals surface area contributed by atoms with Gasteiger partial charge in [0.25, 0.3) is 5.56 Å². The van der Waals surface area contributed by atoms with Crippen molar-refractivity contribution in [3.8, 4) is 0 Å². The molecule has 10 heteroatoms. The Morgan fingerprint density at radius 3 is 2.86 bits per heavy atom. The first-order valence-corrected chi connectivity index (χ1v) is 10.9. The number of hydrogen-bond donors (Lipinski definition) is 1. The van der Waals surface area contributed by atoms with Gasteiger partial charge in [-0.3, -0.25) is 14.2 Å². The van der Waals surface area contributed by atoms with Crippen LogP contribution in [0.25, 0.3) is 10.9 Å². The number of methoxy groups -OCH3 is 1. The van der Waals surface area contributed by atoms with E-state index in [0.717, 1.165) is 34.5 Å². The van der Waals surface area contributed by atoms with Crippen molar-refractivity contribution >= 4 is 78.3 Å². The molecular formula is C19H26Br3N3O3S. The molecule has 0 bridgehead atoms. The highest BCUT2D eigenvalue weighted by atomic mass is 79.9. The molecule has 1 N–H and O–H groups in total. The van der Waals surface area contributed by atoms with E-state index in [0.29, 0.717) is 17.3 Å². The molecule has 2 atom stereocenters. The number of piperidine rings is 1. The van der Waals surface area contributed by atoms with Crippen LogP contribution in [0.5, 0.6) is 0 Å². The summed E-state index contributed by atoms with van der Waals surface area (Å²) in [7, 11) is 1.68. The quantitative estimate of drug-likeness (QED) is 0.472. The zero-order valence-electron chi connectivity index (χ0n) is 16.4. The zero-order chi connectivity index (χ0) is 19.4. The Morgan fingerprint density at radius 1 is 1.41 bits per heavy atom. The van der Waals surface area contributed by atoms with E-state index in [1.165, 1.54) is 10.9 Å². The summed E-state index contributed by atoms with van der Waals surface area (Å²) in [5.41, 5.74) is 0.447. The first-order chi connectivity index (χ1) is 13.0. The van der Waals surface area contributed by atoms with Gasteiger partial charge in [-0.25, -0.2) is 4.98 Å². The molecule has 0 aliphatic carbocycles. The molecule has 29 heavy (non-hydrogen) atoms. The van der Waals surface area contributed by atoms with Gasteiger partial charge in [0.15, 0.2) is 5.78 Å². The fraction of sp³-hybridized carbons (Fsp3) is 0.526. The Balaban J connectivity index is 0.00000210. The number of ether oxygens (including phenoxy) is 1. The number of nitrogens with zero attached hydrogens (tertiary/aromatic N) is 2. The maximum absolute atomic E-state index is 12.9. The molecule has 1 aliphatic heterocycles. The third-order valence-electron chi connectivity index (χ3n) is 4.80. The number of fused-ring (bicyclic) bond motifs is 1.